The van der Waals surface area contributed by atoms with Crippen molar-refractivity contribution in [1.29, 1.82) is 5.26 Å². The molecule has 0 bridgehead atoms. The van der Waals surface area contributed by atoms with Crippen molar-refractivity contribution in [3.05, 3.63) is 62.6 Å². The molecule has 0 heterocycles. The molecule has 0 aliphatic carbocycles. The first-order valence-corrected chi connectivity index (χ1v) is 6.96. The first kappa shape index (κ1) is 13.9. The van der Waals surface area contributed by atoms with Crippen LogP contribution in [0.1, 0.15) is 16.7 Å². The van der Waals surface area contributed by atoms with Crippen molar-refractivity contribution in [2.75, 3.05) is 5.32 Å². The monoisotopic (exact) mass is 334 g/mol. The van der Waals surface area contributed by atoms with Gasteiger partial charge in [-0.1, -0.05) is 23.7 Å². The van der Waals surface area contributed by atoms with Gasteiger partial charge in [0.25, 0.3) is 0 Å². The molecule has 0 radical (unpaired) electrons. The van der Waals surface area contributed by atoms with E-state index in [2.05, 4.69) is 27.3 Å². The first-order valence-electron chi connectivity index (χ1n) is 5.79. The van der Waals surface area contributed by atoms with E-state index in [1.54, 1.807) is 0 Å². The number of halogens is 2. The average Bonchev–Trinajstić information content (AvgIpc) is 2.41. The van der Waals surface area contributed by atoms with Gasteiger partial charge < -0.3 is 5.32 Å². The van der Waals surface area contributed by atoms with Gasteiger partial charge in [0.2, 0.25) is 0 Å². The van der Waals surface area contributed by atoms with Gasteiger partial charge >= 0.3 is 0 Å². The molecule has 0 unspecified atom stereocenters. The van der Waals surface area contributed by atoms with E-state index in [1.165, 1.54) is 0 Å². The number of benzene rings is 2. The Morgan fingerprint density at radius 2 is 2.11 bits per heavy atom. The number of anilines is 1. The molecule has 0 aliphatic heterocycles. The van der Waals surface area contributed by atoms with Crippen molar-refractivity contribution in [3.63, 3.8) is 0 Å². The summed E-state index contributed by atoms with van der Waals surface area (Å²) in [5.74, 6) is 0. The van der Waals surface area contributed by atoms with Crippen molar-refractivity contribution in [1.82, 2.24) is 0 Å². The van der Waals surface area contributed by atoms with Crippen LogP contribution in [0.15, 0.2) is 40.9 Å². The van der Waals surface area contributed by atoms with Crippen LogP contribution in [-0.2, 0) is 6.54 Å². The number of nitrogens with zero attached hydrogens (tertiary/aromatic N) is 1. The molecule has 0 saturated carbocycles. The fraction of sp³-hybridized carbons (Fsp3) is 0.133. The smallest absolute Gasteiger partial charge is 0.0991 e. The summed E-state index contributed by atoms with van der Waals surface area (Å²) in [7, 11) is 0. The number of nitriles is 1. The number of rotatable bonds is 3. The highest BCUT2D eigenvalue weighted by molar-refractivity contribution is 9.10. The van der Waals surface area contributed by atoms with Gasteiger partial charge in [0, 0.05) is 6.54 Å². The van der Waals surface area contributed by atoms with Gasteiger partial charge in [-0.25, -0.2) is 0 Å². The standard InChI is InChI=1S/C15H12BrClN2/c1-10-7-11(8-18)5-6-12(10)9-19-14-4-2-3-13(17)15(14)16/h2-7,19H,9H2,1H3. The van der Waals surface area contributed by atoms with E-state index < -0.39 is 0 Å². The van der Waals surface area contributed by atoms with Crippen molar-refractivity contribution in [3.8, 4) is 6.07 Å². The molecule has 0 aromatic heterocycles. The molecule has 0 fully saturated rings. The summed E-state index contributed by atoms with van der Waals surface area (Å²) in [6, 6.07) is 13.5. The molecular formula is C15H12BrClN2. The van der Waals surface area contributed by atoms with Crippen LogP contribution in [0.4, 0.5) is 5.69 Å². The Morgan fingerprint density at radius 1 is 1.32 bits per heavy atom. The van der Waals surface area contributed by atoms with Crippen LogP contribution in [0.3, 0.4) is 0 Å². The maximum absolute atomic E-state index is 8.84. The number of aryl methyl sites for hydroxylation is 1. The second kappa shape index (κ2) is 6.10. The zero-order valence-corrected chi connectivity index (χ0v) is 12.7. The largest absolute Gasteiger partial charge is 0.380 e. The minimum absolute atomic E-state index is 0.682. The van der Waals surface area contributed by atoms with E-state index in [0.717, 1.165) is 21.3 Å². The maximum Gasteiger partial charge on any atom is 0.0991 e. The Hall–Kier alpha value is -1.50. The molecule has 0 atom stereocenters. The van der Waals surface area contributed by atoms with Crippen molar-refractivity contribution < 1.29 is 0 Å². The summed E-state index contributed by atoms with van der Waals surface area (Å²) < 4.78 is 0.864. The van der Waals surface area contributed by atoms with Crippen LogP contribution >= 0.6 is 27.5 Å². The predicted octanol–water partition coefficient (Wildman–Crippen LogP) is 4.89. The lowest BCUT2D eigenvalue weighted by molar-refractivity contribution is 1.11. The molecule has 0 amide bonds. The predicted molar refractivity (Wildman–Crippen MR) is 82.4 cm³/mol. The molecule has 0 aliphatic rings. The maximum atomic E-state index is 8.84. The Balaban J connectivity index is 2.15. The number of nitrogens with one attached hydrogen (secondary N) is 1. The van der Waals surface area contributed by atoms with E-state index in [-0.39, 0.29) is 0 Å². The van der Waals surface area contributed by atoms with Gasteiger partial charge in [0.1, 0.15) is 0 Å². The van der Waals surface area contributed by atoms with Crippen LogP contribution in [-0.4, -0.2) is 0 Å². The molecule has 19 heavy (non-hydrogen) atoms. The van der Waals surface area contributed by atoms with Gasteiger partial charge in [-0.15, -0.1) is 0 Å². The fourth-order valence-electron chi connectivity index (χ4n) is 1.79. The second-order valence-corrected chi connectivity index (χ2v) is 5.41. The Bertz CT molecular complexity index is 647. The van der Waals surface area contributed by atoms with Crippen LogP contribution < -0.4 is 5.32 Å². The molecule has 0 spiro atoms. The van der Waals surface area contributed by atoms with Gasteiger partial charge in [0.05, 0.1) is 26.8 Å². The summed E-state index contributed by atoms with van der Waals surface area (Å²) in [4.78, 5) is 0. The molecule has 2 rings (SSSR count). The summed E-state index contributed by atoms with van der Waals surface area (Å²) in [5.41, 5.74) is 3.90. The van der Waals surface area contributed by atoms with E-state index in [4.69, 9.17) is 16.9 Å². The minimum atomic E-state index is 0.682. The highest BCUT2D eigenvalue weighted by atomic mass is 79.9. The lowest BCUT2D eigenvalue weighted by Crippen LogP contribution is -2.02. The lowest BCUT2D eigenvalue weighted by atomic mass is 10.1. The number of hydrogen-bond acceptors (Lipinski definition) is 2. The van der Waals surface area contributed by atoms with Gasteiger partial charge in [-0.3, -0.25) is 0 Å². The third-order valence-electron chi connectivity index (χ3n) is 2.89. The molecular weight excluding hydrogens is 324 g/mol. The fourth-order valence-corrected chi connectivity index (χ4v) is 2.37. The second-order valence-electron chi connectivity index (χ2n) is 4.21. The van der Waals surface area contributed by atoms with Gasteiger partial charge in [-0.05, 0) is 58.2 Å². The van der Waals surface area contributed by atoms with E-state index in [1.807, 2.05) is 43.3 Å². The first-order chi connectivity index (χ1) is 9.11. The summed E-state index contributed by atoms with van der Waals surface area (Å²) in [6.07, 6.45) is 0. The van der Waals surface area contributed by atoms with Crippen LogP contribution in [0.25, 0.3) is 0 Å². The third-order valence-corrected chi connectivity index (χ3v) is 4.29. The summed E-state index contributed by atoms with van der Waals surface area (Å²) in [5, 5.41) is 12.9. The zero-order chi connectivity index (χ0) is 13.8. The summed E-state index contributed by atoms with van der Waals surface area (Å²) >= 11 is 9.50. The molecule has 2 aromatic rings. The van der Waals surface area contributed by atoms with Gasteiger partial charge in [-0.2, -0.15) is 5.26 Å². The van der Waals surface area contributed by atoms with Crippen molar-refractivity contribution >= 4 is 33.2 Å². The Kier molecular flexibility index (Phi) is 4.47. The lowest BCUT2D eigenvalue weighted by Gasteiger charge is -2.11. The van der Waals surface area contributed by atoms with Gasteiger partial charge in [0.15, 0.2) is 0 Å². The summed E-state index contributed by atoms with van der Waals surface area (Å²) in [6.45, 7) is 2.70. The molecule has 0 saturated heterocycles. The average molecular weight is 336 g/mol. The molecule has 2 nitrogen and oxygen atoms in total. The minimum Gasteiger partial charge on any atom is -0.380 e. The van der Waals surface area contributed by atoms with Crippen molar-refractivity contribution in [2.45, 2.75) is 13.5 Å². The Labute approximate surface area is 126 Å². The highest BCUT2D eigenvalue weighted by Gasteiger charge is 2.04. The molecule has 4 heteroatoms. The molecule has 96 valence electrons. The molecule has 2 aromatic carbocycles. The van der Waals surface area contributed by atoms with E-state index >= 15 is 0 Å². The van der Waals surface area contributed by atoms with E-state index in [9.17, 15) is 0 Å². The highest BCUT2D eigenvalue weighted by Crippen LogP contribution is 2.30. The van der Waals surface area contributed by atoms with Crippen LogP contribution in [0, 0.1) is 18.3 Å². The quantitative estimate of drug-likeness (QED) is 0.866. The Morgan fingerprint density at radius 3 is 2.79 bits per heavy atom. The molecule has 1 N–H and O–H groups in total. The zero-order valence-electron chi connectivity index (χ0n) is 10.4. The van der Waals surface area contributed by atoms with Crippen LogP contribution in [0.2, 0.25) is 5.02 Å². The number of hydrogen-bond donors (Lipinski definition) is 1. The topological polar surface area (TPSA) is 35.8 Å². The SMILES string of the molecule is Cc1cc(C#N)ccc1CNc1cccc(Cl)c1Br. The van der Waals surface area contributed by atoms with Crippen molar-refractivity contribution in [2.24, 2.45) is 0 Å². The third kappa shape index (κ3) is 3.28. The normalized spacial score (nSPS) is 10.0. The van der Waals surface area contributed by atoms with Crippen LogP contribution in [0.5, 0.6) is 0 Å². The van der Waals surface area contributed by atoms with E-state index in [0.29, 0.717) is 17.1 Å².